The molecule has 0 spiro atoms. The molecule has 0 aliphatic carbocycles. The second kappa shape index (κ2) is 4.63. The number of pyridine rings is 1. The summed E-state index contributed by atoms with van der Waals surface area (Å²) >= 11 is 1.41. The molecule has 23 heavy (non-hydrogen) atoms. The van der Waals surface area contributed by atoms with Crippen molar-refractivity contribution in [3.8, 4) is 10.4 Å². The summed E-state index contributed by atoms with van der Waals surface area (Å²) in [5, 5.41) is 2.12. The van der Waals surface area contributed by atoms with Crippen molar-refractivity contribution in [2.45, 2.75) is 6.61 Å². The van der Waals surface area contributed by atoms with E-state index in [9.17, 15) is 14.4 Å². The maximum atomic E-state index is 12.7. The number of fused-ring (bicyclic) bond motifs is 2. The van der Waals surface area contributed by atoms with Gasteiger partial charge in [0, 0.05) is 24.5 Å². The minimum atomic E-state index is -0.492. The summed E-state index contributed by atoms with van der Waals surface area (Å²) in [5.41, 5.74) is 0.598. The number of rotatable bonds is 1. The number of hydrogen-bond donors (Lipinski definition) is 0. The van der Waals surface area contributed by atoms with Gasteiger partial charge in [0.25, 0.3) is 5.56 Å². The molecule has 0 atom stereocenters. The largest absolute Gasteiger partial charge is 0.455 e. The summed E-state index contributed by atoms with van der Waals surface area (Å²) in [6.07, 6.45) is 0. The van der Waals surface area contributed by atoms with Gasteiger partial charge in [-0.25, -0.2) is 14.6 Å². The second-order valence-electron chi connectivity index (χ2n) is 5.27. The molecule has 0 amide bonds. The lowest BCUT2D eigenvalue weighted by Crippen LogP contribution is -2.37. The van der Waals surface area contributed by atoms with Crippen LogP contribution in [0.2, 0.25) is 0 Å². The molecule has 8 heteroatoms. The van der Waals surface area contributed by atoms with E-state index in [0.717, 1.165) is 9.44 Å². The topological polar surface area (TPSA) is 83.2 Å². The van der Waals surface area contributed by atoms with Gasteiger partial charge in [-0.3, -0.25) is 13.9 Å². The summed E-state index contributed by atoms with van der Waals surface area (Å²) in [4.78, 5) is 42.1. The molecule has 0 saturated carbocycles. The summed E-state index contributed by atoms with van der Waals surface area (Å²) in [6, 6.07) is 3.67. The predicted molar refractivity (Wildman–Crippen MR) is 84.7 cm³/mol. The van der Waals surface area contributed by atoms with E-state index in [1.807, 2.05) is 17.5 Å². The van der Waals surface area contributed by atoms with Crippen LogP contribution in [0.25, 0.3) is 21.5 Å². The average molecular weight is 329 g/mol. The van der Waals surface area contributed by atoms with E-state index in [-0.39, 0.29) is 17.6 Å². The zero-order chi connectivity index (χ0) is 16.3. The molecular formula is C15H11N3O4S. The molecule has 0 unspecified atom stereocenters. The molecule has 1 aliphatic heterocycles. The number of hydrogen-bond acceptors (Lipinski definition) is 6. The highest BCUT2D eigenvalue weighted by Crippen LogP contribution is 2.36. The lowest BCUT2D eigenvalue weighted by atomic mass is 10.0. The van der Waals surface area contributed by atoms with Gasteiger partial charge in [-0.1, -0.05) is 6.07 Å². The van der Waals surface area contributed by atoms with Crippen LogP contribution in [0.4, 0.5) is 0 Å². The molecule has 3 aromatic rings. The Morgan fingerprint density at radius 3 is 2.65 bits per heavy atom. The van der Waals surface area contributed by atoms with Crippen LogP contribution in [0.3, 0.4) is 0 Å². The first-order valence-electron chi connectivity index (χ1n) is 6.84. The van der Waals surface area contributed by atoms with Crippen LogP contribution in [0.15, 0.2) is 27.1 Å². The number of ether oxygens (including phenoxy) is 1. The van der Waals surface area contributed by atoms with Crippen molar-refractivity contribution in [1.82, 2.24) is 14.1 Å². The summed E-state index contributed by atoms with van der Waals surface area (Å²) in [6.45, 7) is 0.0475. The number of aromatic nitrogens is 3. The maximum absolute atomic E-state index is 12.7. The Hall–Kier alpha value is -2.74. The maximum Gasteiger partial charge on any atom is 0.341 e. The van der Waals surface area contributed by atoms with Crippen molar-refractivity contribution in [2.24, 2.45) is 14.1 Å². The Balaban J connectivity index is 2.34. The highest BCUT2D eigenvalue weighted by Gasteiger charge is 2.31. The first kappa shape index (κ1) is 13.9. The van der Waals surface area contributed by atoms with Gasteiger partial charge in [-0.2, -0.15) is 0 Å². The van der Waals surface area contributed by atoms with E-state index < -0.39 is 17.2 Å². The van der Waals surface area contributed by atoms with E-state index in [1.165, 1.54) is 23.0 Å². The molecule has 3 aromatic heterocycles. The van der Waals surface area contributed by atoms with Crippen molar-refractivity contribution < 1.29 is 9.53 Å². The number of nitrogens with zero attached hydrogens (tertiary/aromatic N) is 3. The van der Waals surface area contributed by atoms with Gasteiger partial charge in [0.15, 0.2) is 0 Å². The Morgan fingerprint density at radius 2 is 1.96 bits per heavy atom. The van der Waals surface area contributed by atoms with E-state index >= 15 is 0 Å². The summed E-state index contributed by atoms with van der Waals surface area (Å²) in [7, 11) is 2.97. The van der Waals surface area contributed by atoms with Crippen LogP contribution in [0.1, 0.15) is 16.1 Å². The Bertz CT molecular complexity index is 1090. The van der Waals surface area contributed by atoms with Gasteiger partial charge < -0.3 is 4.74 Å². The number of carbonyl (C=O) groups is 1. The summed E-state index contributed by atoms with van der Waals surface area (Å²) < 4.78 is 7.42. The minimum absolute atomic E-state index is 0.0475. The Kier molecular flexibility index (Phi) is 2.79. The molecular weight excluding hydrogens is 318 g/mol. The molecule has 7 nitrogen and oxygen atoms in total. The van der Waals surface area contributed by atoms with Crippen molar-refractivity contribution in [1.29, 1.82) is 0 Å². The average Bonchev–Trinajstić information content (AvgIpc) is 3.19. The first-order valence-corrected chi connectivity index (χ1v) is 7.72. The zero-order valence-electron chi connectivity index (χ0n) is 12.3. The third-order valence-corrected chi connectivity index (χ3v) is 4.86. The smallest absolute Gasteiger partial charge is 0.341 e. The fourth-order valence-corrected chi connectivity index (χ4v) is 3.62. The minimum Gasteiger partial charge on any atom is -0.455 e. The third-order valence-electron chi connectivity index (χ3n) is 3.97. The molecule has 0 bridgehead atoms. The Morgan fingerprint density at radius 1 is 1.17 bits per heavy atom. The highest BCUT2D eigenvalue weighted by atomic mass is 32.1. The van der Waals surface area contributed by atoms with Crippen molar-refractivity contribution in [3.05, 3.63) is 49.6 Å². The van der Waals surface area contributed by atoms with Crippen LogP contribution >= 0.6 is 11.3 Å². The quantitative estimate of drug-likeness (QED) is 0.623. The van der Waals surface area contributed by atoms with E-state index in [1.54, 1.807) is 7.05 Å². The van der Waals surface area contributed by atoms with Gasteiger partial charge in [0.2, 0.25) is 0 Å². The molecule has 0 aromatic carbocycles. The van der Waals surface area contributed by atoms with Gasteiger partial charge in [-0.15, -0.1) is 11.3 Å². The Labute approximate surface area is 133 Å². The molecule has 0 fully saturated rings. The number of cyclic esters (lactones) is 1. The van der Waals surface area contributed by atoms with Crippen molar-refractivity contribution in [3.63, 3.8) is 0 Å². The standard InChI is InChI=1S/C15H11N3O4S/c1-17-12-11(13(19)18(2)15(17)21)10(8-4-3-5-23-8)9-7(16-12)6-22-14(9)20/h3-5H,6H2,1-2H3. The van der Waals surface area contributed by atoms with E-state index in [2.05, 4.69) is 4.98 Å². The van der Waals surface area contributed by atoms with Crippen LogP contribution in [-0.4, -0.2) is 20.1 Å². The molecule has 4 heterocycles. The third kappa shape index (κ3) is 1.75. The molecule has 0 radical (unpaired) electrons. The predicted octanol–water partition coefficient (Wildman–Crippen LogP) is 1.03. The highest BCUT2D eigenvalue weighted by molar-refractivity contribution is 7.13. The number of thiophene rings is 1. The van der Waals surface area contributed by atoms with Gasteiger partial charge in [0.1, 0.15) is 12.3 Å². The molecule has 0 N–H and O–H groups in total. The molecule has 0 saturated heterocycles. The van der Waals surface area contributed by atoms with Crippen LogP contribution in [0, 0.1) is 0 Å². The number of aryl methyl sites for hydroxylation is 1. The second-order valence-corrected chi connectivity index (χ2v) is 6.21. The lowest BCUT2D eigenvalue weighted by Gasteiger charge is -2.12. The zero-order valence-corrected chi connectivity index (χ0v) is 13.1. The van der Waals surface area contributed by atoms with E-state index in [0.29, 0.717) is 16.8 Å². The normalized spacial score (nSPS) is 13.4. The first-order chi connectivity index (χ1) is 11.0. The van der Waals surface area contributed by atoms with Gasteiger partial charge in [0.05, 0.1) is 16.6 Å². The molecule has 4 rings (SSSR count). The van der Waals surface area contributed by atoms with Crippen molar-refractivity contribution in [2.75, 3.05) is 0 Å². The summed E-state index contributed by atoms with van der Waals surface area (Å²) in [5.74, 6) is -0.492. The van der Waals surface area contributed by atoms with Crippen LogP contribution in [-0.2, 0) is 25.4 Å². The number of carbonyl (C=O) groups excluding carboxylic acids is 1. The molecule has 116 valence electrons. The van der Waals surface area contributed by atoms with Gasteiger partial charge in [-0.05, 0) is 11.4 Å². The SMILES string of the molecule is Cn1c(=O)c2c(-c3cccs3)c3c(nc2n(C)c1=O)COC3=O. The molecule has 1 aliphatic rings. The fourth-order valence-electron chi connectivity index (χ4n) is 2.83. The lowest BCUT2D eigenvalue weighted by molar-refractivity contribution is 0.0534. The van der Waals surface area contributed by atoms with Crippen molar-refractivity contribution >= 4 is 28.3 Å². The fraction of sp³-hybridized carbons (Fsp3) is 0.200. The monoisotopic (exact) mass is 329 g/mol. The van der Waals surface area contributed by atoms with Gasteiger partial charge >= 0.3 is 11.7 Å². The van der Waals surface area contributed by atoms with Crippen LogP contribution < -0.4 is 11.2 Å². The van der Waals surface area contributed by atoms with E-state index in [4.69, 9.17) is 4.74 Å². The van der Waals surface area contributed by atoms with Crippen LogP contribution in [0.5, 0.6) is 0 Å². The number of esters is 1.